The molecule has 0 saturated heterocycles. The number of pyridine rings is 2. The molecule has 4 rings (SSSR count). The van der Waals surface area contributed by atoms with Crippen molar-refractivity contribution >= 4 is 34.7 Å². The fourth-order valence-electron chi connectivity index (χ4n) is 2.81. The number of benzene rings is 1. The summed E-state index contributed by atoms with van der Waals surface area (Å²) in [4.78, 5) is 36.6. The Morgan fingerprint density at radius 3 is 2.57 bits per heavy atom. The highest BCUT2D eigenvalue weighted by Crippen LogP contribution is 2.29. The topological polar surface area (TPSA) is 96.9 Å². The van der Waals surface area contributed by atoms with Crippen LogP contribution in [0.2, 0.25) is 0 Å². The molecule has 148 valence electrons. The second-order valence-electron chi connectivity index (χ2n) is 6.42. The third-order valence-electron chi connectivity index (χ3n) is 4.17. The maximum absolute atomic E-state index is 12.6. The maximum Gasteiger partial charge on any atom is 0.255 e. The Morgan fingerprint density at radius 2 is 1.77 bits per heavy atom. The van der Waals surface area contributed by atoms with Gasteiger partial charge in [-0.25, -0.2) is 9.97 Å². The fourth-order valence-corrected chi connectivity index (χ4v) is 3.65. The number of amides is 2. The third-order valence-corrected chi connectivity index (χ3v) is 5.07. The van der Waals surface area contributed by atoms with Crippen LogP contribution in [0.3, 0.4) is 0 Å². The molecule has 2 amide bonds. The minimum atomic E-state index is -0.295. The van der Waals surface area contributed by atoms with Crippen LogP contribution >= 0.6 is 11.3 Å². The van der Waals surface area contributed by atoms with Crippen molar-refractivity contribution < 1.29 is 9.59 Å². The van der Waals surface area contributed by atoms with Crippen LogP contribution in [0.4, 0.5) is 11.5 Å². The van der Waals surface area contributed by atoms with E-state index in [0.717, 1.165) is 21.8 Å². The summed E-state index contributed by atoms with van der Waals surface area (Å²) < 4.78 is 0. The molecule has 3 heterocycles. The van der Waals surface area contributed by atoms with Gasteiger partial charge in [0.05, 0.1) is 5.69 Å². The van der Waals surface area contributed by atoms with Gasteiger partial charge in [0.25, 0.3) is 5.91 Å². The summed E-state index contributed by atoms with van der Waals surface area (Å²) in [7, 11) is 0. The van der Waals surface area contributed by atoms with Gasteiger partial charge < -0.3 is 10.6 Å². The molecule has 0 bridgehead atoms. The van der Waals surface area contributed by atoms with Crippen molar-refractivity contribution in [3.63, 3.8) is 0 Å². The zero-order chi connectivity index (χ0) is 20.9. The molecule has 0 fully saturated rings. The monoisotopic (exact) mass is 415 g/mol. The normalized spacial score (nSPS) is 10.4. The Labute approximate surface area is 176 Å². The van der Waals surface area contributed by atoms with Gasteiger partial charge in [-0.3, -0.25) is 14.6 Å². The van der Waals surface area contributed by atoms with E-state index in [0.29, 0.717) is 17.1 Å². The van der Waals surface area contributed by atoms with Crippen molar-refractivity contribution in [1.82, 2.24) is 15.0 Å². The van der Waals surface area contributed by atoms with Gasteiger partial charge in [0.1, 0.15) is 10.8 Å². The molecule has 4 aromatic rings. The molecule has 0 unspecified atom stereocenters. The molecule has 30 heavy (non-hydrogen) atoms. The molecule has 0 aliphatic carbocycles. The van der Waals surface area contributed by atoms with Crippen LogP contribution in [0.25, 0.3) is 21.8 Å². The van der Waals surface area contributed by atoms with Crippen molar-refractivity contribution in [3.05, 3.63) is 78.1 Å². The van der Waals surface area contributed by atoms with Crippen LogP contribution in [0.1, 0.15) is 17.3 Å². The minimum Gasteiger partial charge on any atom is -0.322 e. The predicted octanol–water partition coefficient (Wildman–Crippen LogP) is 4.48. The zero-order valence-electron chi connectivity index (χ0n) is 16.0. The van der Waals surface area contributed by atoms with Crippen LogP contribution in [0.5, 0.6) is 0 Å². The number of nitrogens with one attached hydrogen (secondary N) is 2. The molecule has 0 radical (unpaired) electrons. The molecule has 3 aromatic heterocycles. The Balaban J connectivity index is 1.52. The van der Waals surface area contributed by atoms with E-state index in [1.807, 2.05) is 41.8 Å². The van der Waals surface area contributed by atoms with Gasteiger partial charge in [0, 0.05) is 53.3 Å². The summed E-state index contributed by atoms with van der Waals surface area (Å²) in [5.74, 6) is -0.214. The van der Waals surface area contributed by atoms with Gasteiger partial charge in [0.2, 0.25) is 5.91 Å². The average molecular weight is 415 g/mol. The number of hydrogen-bond acceptors (Lipinski definition) is 6. The molecule has 0 saturated carbocycles. The number of nitrogens with zero attached hydrogens (tertiary/aromatic N) is 3. The first-order chi connectivity index (χ1) is 14.6. The second kappa shape index (κ2) is 8.62. The highest BCUT2D eigenvalue weighted by atomic mass is 32.1. The molecule has 1 aromatic carbocycles. The van der Waals surface area contributed by atoms with Crippen LogP contribution < -0.4 is 10.6 Å². The van der Waals surface area contributed by atoms with E-state index in [2.05, 4.69) is 20.6 Å². The van der Waals surface area contributed by atoms with Crippen molar-refractivity contribution in [1.29, 1.82) is 0 Å². The van der Waals surface area contributed by atoms with E-state index in [4.69, 9.17) is 4.98 Å². The van der Waals surface area contributed by atoms with Crippen molar-refractivity contribution in [2.75, 3.05) is 10.6 Å². The number of thiazole rings is 1. The third kappa shape index (κ3) is 4.56. The summed E-state index contributed by atoms with van der Waals surface area (Å²) in [5.41, 5.74) is 3.79. The van der Waals surface area contributed by atoms with Crippen LogP contribution in [0.15, 0.2) is 72.5 Å². The quantitative estimate of drug-likeness (QED) is 0.501. The Bertz CT molecular complexity index is 1210. The van der Waals surface area contributed by atoms with Gasteiger partial charge in [-0.15, -0.1) is 11.3 Å². The fraction of sp³-hybridized carbons (Fsp3) is 0.0455. The van der Waals surface area contributed by atoms with Gasteiger partial charge >= 0.3 is 0 Å². The van der Waals surface area contributed by atoms with Gasteiger partial charge in [-0.1, -0.05) is 12.1 Å². The minimum absolute atomic E-state index is 0.248. The number of rotatable bonds is 5. The summed E-state index contributed by atoms with van der Waals surface area (Å²) in [5, 5.41) is 8.34. The molecule has 7 nitrogen and oxygen atoms in total. The molecule has 0 aliphatic heterocycles. The Hall–Kier alpha value is -3.91. The highest BCUT2D eigenvalue weighted by molar-refractivity contribution is 7.13. The van der Waals surface area contributed by atoms with Crippen LogP contribution in [-0.4, -0.2) is 26.8 Å². The zero-order valence-corrected chi connectivity index (χ0v) is 16.8. The van der Waals surface area contributed by atoms with E-state index in [9.17, 15) is 9.59 Å². The lowest BCUT2D eigenvalue weighted by Crippen LogP contribution is -2.13. The first-order valence-corrected chi connectivity index (χ1v) is 9.98. The van der Waals surface area contributed by atoms with E-state index in [1.54, 1.807) is 29.8 Å². The lowest BCUT2D eigenvalue weighted by atomic mass is 10.1. The largest absolute Gasteiger partial charge is 0.322 e. The lowest BCUT2D eigenvalue weighted by Gasteiger charge is -2.08. The first kappa shape index (κ1) is 19.4. The summed E-state index contributed by atoms with van der Waals surface area (Å²) in [6.45, 7) is 1.39. The van der Waals surface area contributed by atoms with Crippen LogP contribution in [-0.2, 0) is 4.79 Å². The van der Waals surface area contributed by atoms with Gasteiger partial charge in [-0.2, -0.15) is 0 Å². The van der Waals surface area contributed by atoms with Crippen molar-refractivity contribution in [2.45, 2.75) is 6.92 Å². The van der Waals surface area contributed by atoms with E-state index >= 15 is 0 Å². The lowest BCUT2D eigenvalue weighted by molar-refractivity contribution is -0.114. The SMILES string of the molecule is CC(=O)Nc1cc(C(=O)Nc2cccc(-c3csc(-c4ccncc4)n3)c2)ccn1. The number of aromatic nitrogens is 3. The number of carbonyl (C=O) groups excluding carboxylic acids is 2. The summed E-state index contributed by atoms with van der Waals surface area (Å²) in [6.07, 6.45) is 4.96. The van der Waals surface area contributed by atoms with Crippen LogP contribution in [0, 0.1) is 0 Å². The average Bonchev–Trinajstić information content (AvgIpc) is 3.25. The van der Waals surface area contributed by atoms with Crippen molar-refractivity contribution in [2.24, 2.45) is 0 Å². The summed E-state index contributed by atoms with van der Waals surface area (Å²) >= 11 is 1.55. The first-order valence-electron chi connectivity index (χ1n) is 9.10. The number of anilines is 2. The van der Waals surface area contributed by atoms with E-state index in [1.165, 1.54) is 19.2 Å². The predicted molar refractivity (Wildman–Crippen MR) is 117 cm³/mol. The van der Waals surface area contributed by atoms with E-state index < -0.39 is 0 Å². The second-order valence-corrected chi connectivity index (χ2v) is 7.28. The van der Waals surface area contributed by atoms with E-state index in [-0.39, 0.29) is 11.8 Å². The standard InChI is InChI=1S/C22H17N5O2S/c1-14(28)25-20-12-17(7-10-24-20)21(29)26-18-4-2-3-16(11-18)19-13-30-22(27-19)15-5-8-23-9-6-15/h2-13H,1H3,(H,26,29)(H,24,25,28). The molecule has 8 heteroatoms. The summed E-state index contributed by atoms with van der Waals surface area (Å²) in [6, 6.07) is 14.5. The molecular formula is C22H17N5O2S. The number of hydrogen-bond donors (Lipinski definition) is 2. The highest BCUT2D eigenvalue weighted by Gasteiger charge is 2.11. The smallest absolute Gasteiger partial charge is 0.255 e. The molecule has 0 aliphatic rings. The molecule has 0 spiro atoms. The number of carbonyl (C=O) groups is 2. The maximum atomic E-state index is 12.6. The van der Waals surface area contributed by atoms with Gasteiger partial charge in [-0.05, 0) is 36.4 Å². The Kier molecular flexibility index (Phi) is 5.58. The molecule has 2 N–H and O–H groups in total. The molecule has 0 atom stereocenters. The molecular weight excluding hydrogens is 398 g/mol. The van der Waals surface area contributed by atoms with Crippen molar-refractivity contribution in [3.8, 4) is 21.8 Å². The van der Waals surface area contributed by atoms with Gasteiger partial charge in [0.15, 0.2) is 0 Å². The Morgan fingerprint density at radius 1 is 0.933 bits per heavy atom.